The largest absolute Gasteiger partial charge is 0.416 e. The molecule has 0 aliphatic carbocycles. The molecule has 19 heavy (non-hydrogen) atoms. The lowest BCUT2D eigenvalue weighted by Gasteiger charge is -2.09. The minimum atomic E-state index is -4.49. The summed E-state index contributed by atoms with van der Waals surface area (Å²) in [6.45, 7) is 0. The molecule has 0 saturated carbocycles. The lowest BCUT2D eigenvalue weighted by atomic mass is 10.2. The van der Waals surface area contributed by atoms with Gasteiger partial charge >= 0.3 is 6.18 Å². The molecule has 1 aromatic carbocycles. The Morgan fingerprint density at radius 1 is 1.11 bits per heavy atom. The summed E-state index contributed by atoms with van der Waals surface area (Å²) < 4.78 is 50.8. The van der Waals surface area contributed by atoms with E-state index in [-0.39, 0.29) is 10.8 Å². The molecule has 0 spiro atoms. The van der Waals surface area contributed by atoms with Gasteiger partial charge in [-0.1, -0.05) is 17.8 Å². The predicted octanol–water partition coefficient (Wildman–Crippen LogP) is 3.97. The first-order chi connectivity index (χ1) is 8.84. The van der Waals surface area contributed by atoms with Gasteiger partial charge in [0.15, 0.2) is 0 Å². The molecule has 0 radical (unpaired) electrons. The fraction of sp³-hybridized carbons (Fsp3) is 0.0833. The van der Waals surface area contributed by atoms with E-state index in [4.69, 9.17) is 5.73 Å². The zero-order chi connectivity index (χ0) is 14.0. The summed E-state index contributed by atoms with van der Waals surface area (Å²) in [6, 6.07) is 7.14. The molecule has 0 fully saturated rings. The van der Waals surface area contributed by atoms with Crippen LogP contribution in [0, 0.1) is 5.82 Å². The van der Waals surface area contributed by atoms with Crippen LogP contribution in [-0.2, 0) is 6.18 Å². The summed E-state index contributed by atoms with van der Waals surface area (Å²) in [6.07, 6.45) is -4.49. The minimum absolute atomic E-state index is 0.0675. The van der Waals surface area contributed by atoms with Gasteiger partial charge in [-0.3, -0.25) is 0 Å². The topological polar surface area (TPSA) is 38.9 Å². The second-order valence-electron chi connectivity index (χ2n) is 3.68. The summed E-state index contributed by atoms with van der Waals surface area (Å²) >= 11 is 0.915. The number of hydrogen-bond acceptors (Lipinski definition) is 3. The van der Waals surface area contributed by atoms with Gasteiger partial charge in [0.25, 0.3) is 0 Å². The Bertz CT molecular complexity index is 599. The van der Waals surface area contributed by atoms with E-state index in [1.165, 1.54) is 18.2 Å². The van der Waals surface area contributed by atoms with Crippen LogP contribution >= 0.6 is 11.8 Å². The lowest BCUT2D eigenvalue weighted by Crippen LogP contribution is -2.07. The van der Waals surface area contributed by atoms with E-state index in [0.29, 0.717) is 4.90 Å². The third-order valence-electron chi connectivity index (χ3n) is 2.17. The molecule has 2 aromatic rings. The summed E-state index contributed by atoms with van der Waals surface area (Å²) in [5.74, 6) is -0.696. The summed E-state index contributed by atoms with van der Waals surface area (Å²) in [5.41, 5.74) is 4.47. The van der Waals surface area contributed by atoms with Crippen molar-refractivity contribution in [3.8, 4) is 0 Å². The molecule has 0 aliphatic heterocycles. The molecule has 1 heterocycles. The van der Waals surface area contributed by atoms with E-state index in [2.05, 4.69) is 4.98 Å². The highest BCUT2D eigenvalue weighted by atomic mass is 32.2. The number of aromatic nitrogens is 1. The molecular weight excluding hydrogens is 280 g/mol. The molecule has 0 saturated heterocycles. The Labute approximate surface area is 110 Å². The zero-order valence-electron chi connectivity index (χ0n) is 9.41. The molecule has 2 nitrogen and oxygen atoms in total. The van der Waals surface area contributed by atoms with Crippen molar-refractivity contribution in [3.05, 3.63) is 47.8 Å². The number of nitrogens with zero attached hydrogens (tertiary/aromatic N) is 1. The molecule has 2 rings (SSSR count). The number of nitrogens with two attached hydrogens (primary N) is 1. The lowest BCUT2D eigenvalue weighted by molar-refractivity contribution is -0.137. The van der Waals surface area contributed by atoms with Gasteiger partial charge in [-0.15, -0.1) is 0 Å². The standard InChI is InChI=1S/C12H8F4N2S/c13-8-2-1-3-9(6-8)19-11-5-7(12(14,15)16)4-10(17)18-11/h1-6H,(H2,17,18). The van der Waals surface area contributed by atoms with Crippen molar-refractivity contribution in [2.75, 3.05) is 5.73 Å². The van der Waals surface area contributed by atoms with Crippen molar-refractivity contribution in [1.29, 1.82) is 0 Å². The Hall–Kier alpha value is -1.76. The average Bonchev–Trinajstić information content (AvgIpc) is 2.26. The van der Waals surface area contributed by atoms with Crippen molar-refractivity contribution in [1.82, 2.24) is 4.98 Å². The number of halogens is 4. The number of alkyl halides is 3. The van der Waals surface area contributed by atoms with Crippen LogP contribution in [0.15, 0.2) is 46.3 Å². The Morgan fingerprint density at radius 2 is 1.84 bits per heavy atom. The number of nitrogen functional groups attached to an aromatic ring is 1. The highest BCUT2D eigenvalue weighted by molar-refractivity contribution is 7.99. The van der Waals surface area contributed by atoms with Crippen molar-refractivity contribution in [2.24, 2.45) is 0 Å². The van der Waals surface area contributed by atoms with Gasteiger partial charge in [0.05, 0.1) is 5.56 Å². The quantitative estimate of drug-likeness (QED) is 0.850. The van der Waals surface area contributed by atoms with Crippen LogP contribution in [0.4, 0.5) is 23.4 Å². The number of benzene rings is 1. The molecule has 0 bridgehead atoms. The maximum Gasteiger partial charge on any atom is 0.416 e. The van der Waals surface area contributed by atoms with E-state index in [1.807, 2.05) is 0 Å². The van der Waals surface area contributed by atoms with Gasteiger partial charge in [-0.2, -0.15) is 13.2 Å². The SMILES string of the molecule is Nc1cc(C(F)(F)F)cc(Sc2cccc(F)c2)n1. The molecule has 0 unspecified atom stereocenters. The summed E-state index contributed by atoms with van der Waals surface area (Å²) in [7, 11) is 0. The third kappa shape index (κ3) is 3.60. The van der Waals surface area contributed by atoms with Crippen LogP contribution in [0.25, 0.3) is 0 Å². The molecule has 0 amide bonds. The van der Waals surface area contributed by atoms with E-state index in [0.717, 1.165) is 23.9 Å². The van der Waals surface area contributed by atoms with E-state index < -0.39 is 17.6 Å². The number of hydrogen-bond donors (Lipinski definition) is 1. The van der Waals surface area contributed by atoms with E-state index in [1.54, 1.807) is 6.07 Å². The third-order valence-corrected chi connectivity index (χ3v) is 3.08. The van der Waals surface area contributed by atoms with Crippen molar-refractivity contribution in [2.45, 2.75) is 16.1 Å². The van der Waals surface area contributed by atoms with Gasteiger partial charge in [0.2, 0.25) is 0 Å². The normalized spacial score (nSPS) is 11.6. The first-order valence-corrected chi connectivity index (χ1v) is 5.94. The van der Waals surface area contributed by atoms with Gasteiger partial charge in [0.1, 0.15) is 16.7 Å². The predicted molar refractivity (Wildman–Crippen MR) is 64.2 cm³/mol. The molecule has 100 valence electrons. The fourth-order valence-corrected chi connectivity index (χ4v) is 2.29. The molecule has 0 atom stereocenters. The van der Waals surface area contributed by atoms with Crippen molar-refractivity contribution in [3.63, 3.8) is 0 Å². The minimum Gasteiger partial charge on any atom is -0.384 e. The first-order valence-electron chi connectivity index (χ1n) is 5.13. The van der Waals surface area contributed by atoms with Crippen LogP contribution in [0.5, 0.6) is 0 Å². The average molecular weight is 288 g/mol. The van der Waals surface area contributed by atoms with Gasteiger partial charge in [0, 0.05) is 4.90 Å². The van der Waals surface area contributed by atoms with Crippen LogP contribution in [0.2, 0.25) is 0 Å². The second kappa shape index (κ2) is 5.08. The van der Waals surface area contributed by atoms with Gasteiger partial charge in [-0.25, -0.2) is 9.37 Å². The fourth-order valence-electron chi connectivity index (χ4n) is 1.39. The molecule has 0 aliphatic rings. The van der Waals surface area contributed by atoms with Crippen molar-refractivity contribution >= 4 is 17.6 Å². The van der Waals surface area contributed by atoms with Crippen LogP contribution < -0.4 is 5.73 Å². The monoisotopic (exact) mass is 288 g/mol. The first kappa shape index (κ1) is 13.7. The van der Waals surface area contributed by atoms with E-state index in [9.17, 15) is 17.6 Å². The maximum absolute atomic E-state index is 13.0. The summed E-state index contributed by atoms with van der Waals surface area (Å²) in [4.78, 5) is 4.24. The van der Waals surface area contributed by atoms with E-state index >= 15 is 0 Å². The molecular formula is C12H8F4N2S. The second-order valence-corrected chi connectivity index (χ2v) is 4.77. The van der Waals surface area contributed by atoms with Crippen molar-refractivity contribution < 1.29 is 17.6 Å². The molecule has 7 heteroatoms. The van der Waals surface area contributed by atoms with Crippen LogP contribution in [-0.4, -0.2) is 4.98 Å². The van der Waals surface area contributed by atoms with Gasteiger partial charge in [-0.05, 0) is 30.3 Å². The molecule has 2 N–H and O–H groups in total. The molecule has 1 aromatic heterocycles. The number of rotatable bonds is 2. The Morgan fingerprint density at radius 3 is 2.47 bits per heavy atom. The zero-order valence-corrected chi connectivity index (χ0v) is 10.2. The number of pyridine rings is 1. The Kier molecular flexibility index (Phi) is 3.66. The Balaban J connectivity index is 2.33. The van der Waals surface area contributed by atoms with Gasteiger partial charge < -0.3 is 5.73 Å². The maximum atomic E-state index is 13.0. The highest BCUT2D eigenvalue weighted by Crippen LogP contribution is 2.34. The van der Waals surface area contributed by atoms with Crippen LogP contribution in [0.3, 0.4) is 0 Å². The highest BCUT2D eigenvalue weighted by Gasteiger charge is 2.31. The number of anilines is 1. The summed E-state index contributed by atoms with van der Waals surface area (Å²) in [5, 5.41) is 0.0675. The smallest absolute Gasteiger partial charge is 0.384 e. The van der Waals surface area contributed by atoms with Crippen LogP contribution in [0.1, 0.15) is 5.56 Å².